The fourth-order valence-electron chi connectivity index (χ4n) is 2.52. The van der Waals surface area contributed by atoms with E-state index in [0.29, 0.717) is 12.5 Å². The quantitative estimate of drug-likeness (QED) is 0.876. The van der Waals surface area contributed by atoms with Crippen LogP contribution in [0.25, 0.3) is 0 Å². The normalized spacial score (nSPS) is 16.4. The molecule has 0 saturated heterocycles. The van der Waals surface area contributed by atoms with E-state index < -0.39 is 10.0 Å². The Kier molecular flexibility index (Phi) is 4.86. The van der Waals surface area contributed by atoms with E-state index in [9.17, 15) is 8.42 Å². The van der Waals surface area contributed by atoms with E-state index in [2.05, 4.69) is 37.6 Å². The van der Waals surface area contributed by atoms with Crippen LogP contribution in [0.3, 0.4) is 0 Å². The first-order valence-electron chi connectivity index (χ1n) is 7.45. The van der Waals surface area contributed by atoms with Gasteiger partial charge in [-0.15, -0.1) is 0 Å². The van der Waals surface area contributed by atoms with Crippen molar-refractivity contribution in [2.75, 3.05) is 0 Å². The number of benzene rings is 1. The fourth-order valence-corrected chi connectivity index (χ4v) is 4.08. The number of nitrogens with one attached hydrogen (secondary N) is 1. The molecule has 1 aliphatic rings. The Hall–Kier alpha value is -0.870. The van der Waals surface area contributed by atoms with Crippen LogP contribution in [0.2, 0.25) is 0 Å². The summed E-state index contributed by atoms with van der Waals surface area (Å²) in [6.45, 7) is 6.92. The molecule has 3 nitrogen and oxygen atoms in total. The first-order chi connectivity index (χ1) is 9.38. The molecule has 1 aromatic carbocycles. The SMILES string of the molecule is Cc1cc(CNS(=O)(=O)C2CCC2)ccc1CC(C)C. The van der Waals surface area contributed by atoms with Gasteiger partial charge < -0.3 is 0 Å². The molecule has 2 rings (SSSR count). The third-order valence-corrected chi connectivity index (χ3v) is 5.90. The van der Waals surface area contributed by atoms with Crippen molar-refractivity contribution in [2.24, 2.45) is 5.92 Å². The van der Waals surface area contributed by atoms with Crippen molar-refractivity contribution >= 4 is 10.0 Å². The van der Waals surface area contributed by atoms with E-state index in [4.69, 9.17) is 0 Å². The zero-order valence-electron chi connectivity index (χ0n) is 12.6. The average Bonchev–Trinajstić information content (AvgIpc) is 2.26. The predicted octanol–water partition coefficient (Wildman–Crippen LogP) is 3.17. The summed E-state index contributed by atoms with van der Waals surface area (Å²) >= 11 is 0. The van der Waals surface area contributed by atoms with E-state index in [-0.39, 0.29) is 5.25 Å². The van der Waals surface area contributed by atoms with E-state index in [1.165, 1.54) is 11.1 Å². The number of rotatable bonds is 6. The summed E-state index contributed by atoms with van der Waals surface area (Å²) in [6.07, 6.45) is 3.72. The Labute approximate surface area is 122 Å². The highest BCUT2D eigenvalue weighted by Crippen LogP contribution is 2.25. The number of aryl methyl sites for hydroxylation is 1. The van der Waals surface area contributed by atoms with Crippen LogP contribution in [0.4, 0.5) is 0 Å². The van der Waals surface area contributed by atoms with E-state index in [1.807, 2.05) is 6.07 Å². The van der Waals surface area contributed by atoms with Gasteiger partial charge in [-0.05, 0) is 48.8 Å². The fraction of sp³-hybridized carbons (Fsp3) is 0.625. The molecule has 0 heterocycles. The molecule has 1 aromatic rings. The summed E-state index contributed by atoms with van der Waals surface area (Å²) in [5.41, 5.74) is 3.64. The summed E-state index contributed by atoms with van der Waals surface area (Å²) in [4.78, 5) is 0. The smallest absolute Gasteiger partial charge is 0.212 e. The molecule has 112 valence electrons. The van der Waals surface area contributed by atoms with Crippen LogP contribution in [0.15, 0.2) is 18.2 Å². The Morgan fingerprint density at radius 2 is 2.00 bits per heavy atom. The Morgan fingerprint density at radius 1 is 1.30 bits per heavy atom. The second-order valence-electron chi connectivity index (χ2n) is 6.28. The molecule has 0 aromatic heterocycles. The molecule has 0 radical (unpaired) electrons. The molecule has 1 aliphatic carbocycles. The van der Waals surface area contributed by atoms with Crippen LogP contribution in [-0.2, 0) is 23.0 Å². The minimum Gasteiger partial charge on any atom is -0.212 e. The lowest BCUT2D eigenvalue weighted by Gasteiger charge is -2.25. The van der Waals surface area contributed by atoms with Gasteiger partial charge in [-0.3, -0.25) is 0 Å². The summed E-state index contributed by atoms with van der Waals surface area (Å²) in [7, 11) is -3.11. The van der Waals surface area contributed by atoms with E-state index in [1.54, 1.807) is 0 Å². The van der Waals surface area contributed by atoms with Gasteiger partial charge >= 0.3 is 0 Å². The maximum absolute atomic E-state index is 12.0. The molecule has 0 bridgehead atoms. The molecule has 0 amide bonds. The Balaban J connectivity index is 1.98. The lowest BCUT2D eigenvalue weighted by Crippen LogP contribution is -2.38. The molecule has 0 aliphatic heterocycles. The van der Waals surface area contributed by atoms with Crippen LogP contribution in [-0.4, -0.2) is 13.7 Å². The molecule has 20 heavy (non-hydrogen) atoms. The second-order valence-corrected chi connectivity index (χ2v) is 8.32. The van der Waals surface area contributed by atoms with Crippen molar-refractivity contribution in [2.45, 2.75) is 58.2 Å². The topological polar surface area (TPSA) is 46.2 Å². The molecule has 1 saturated carbocycles. The minimum absolute atomic E-state index is 0.163. The maximum atomic E-state index is 12.0. The lowest BCUT2D eigenvalue weighted by atomic mass is 9.97. The van der Waals surface area contributed by atoms with Crippen molar-refractivity contribution in [3.05, 3.63) is 34.9 Å². The molecule has 0 spiro atoms. The summed E-state index contributed by atoms with van der Waals surface area (Å²) in [5.74, 6) is 0.636. The van der Waals surface area contributed by atoms with Crippen LogP contribution in [0, 0.1) is 12.8 Å². The molecular formula is C16H25NO2S. The van der Waals surface area contributed by atoms with Gasteiger partial charge in [-0.25, -0.2) is 13.1 Å². The Morgan fingerprint density at radius 3 is 2.50 bits per heavy atom. The molecular weight excluding hydrogens is 270 g/mol. The summed E-state index contributed by atoms with van der Waals surface area (Å²) in [5, 5.41) is -0.163. The largest absolute Gasteiger partial charge is 0.214 e. The average molecular weight is 295 g/mol. The molecule has 0 atom stereocenters. The molecule has 1 N–H and O–H groups in total. The predicted molar refractivity (Wildman–Crippen MR) is 83.1 cm³/mol. The van der Waals surface area contributed by atoms with E-state index >= 15 is 0 Å². The first kappa shape index (κ1) is 15.5. The van der Waals surface area contributed by atoms with Gasteiger partial charge in [0.2, 0.25) is 10.0 Å². The summed E-state index contributed by atoms with van der Waals surface area (Å²) in [6, 6.07) is 6.26. The Bertz CT molecular complexity index is 560. The van der Waals surface area contributed by atoms with Crippen LogP contribution < -0.4 is 4.72 Å². The van der Waals surface area contributed by atoms with Crippen molar-refractivity contribution in [3.63, 3.8) is 0 Å². The van der Waals surface area contributed by atoms with Crippen LogP contribution in [0.1, 0.15) is 49.8 Å². The van der Waals surface area contributed by atoms with Crippen molar-refractivity contribution in [1.82, 2.24) is 4.72 Å². The zero-order valence-corrected chi connectivity index (χ0v) is 13.5. The van der Waals surface area contributed by atoms with Crippen molar-refractivity contribution < 1.29 is 8.42 Å². The minimum atomic E-state index is -3.11. The first-order valence-corrected chi connectivity index (χ1v) is 9.00. The van der Waals surface area contributed by atoms with Crippen LogP contribution in [0.5, 0.6) is 0 Å². The number of hydrogen-bond acceptors (Lipinski definition) is 2. The third kappa shape index (κ3) is 3.83. The van der Waals surface area contributed by atoms with Gasteiger partial charge in [-0.2, -0.15) is 0 Å². The van der Waals surface area contributed by atoms with Crippen molar-refractivity contribution in [3.8, 4) is 0 Å². The van der Waals surface area contributed by atoms with Gasteiger partial charge in [0, 0.05) is 6.54 Å². The zero-order chi connectivity index (χ0) is 14.8. The number of hydrogen-bond donors (Lipinski definition) is 1. The maximum Gasteiger partial charge on any atom is 0.214 e. The lowest BCUT2D eigenvalue weighted by molar-refractivity contribution is 0.469. The van der Waals surface area contributed by atoms with Gasteiger partial charge in [0.15, 0.2) is 0 Å². The molecule has 0 unspecified atom stereocenters. The number of sulfonamides is 1. The highest BCUT2D eigenvalue weighted by atomic mass is 32.2. The standard InChI is InChI=1S/C16H25NO2S/c1-12(2)9-15-8-7-14(10-13(15)3)11-17-20(18,19)16-5-4-6-16/h7-8,10,12,16-17H,4-6,9,11H2,1-3H3. The van der Waals surface area contributed by atoms with E-state index in [0.717, 1.165) is 31.2 Å². The monoisotopic (exact) mass is 295 g/mol. The third-order valence-electron chi connectivity index (χ3n) is 4.00. The molecule has 1 fully saturated rings. The van der Waals surface area contributed by atoms with Gasteiger partial charge in [-0.1, -0.05) is 38.5 Å². The summed E-state index contributed by atoms with van der Waals surface area (Å²) < 4.78 is 26.7. The van der Waals surface area contributed by atoms with Gasteiger partial charge in [0.05, 0.1) is 5.25 Å². The van der Waals surface area contributed by atoms with Crippen molar-refractivity contribution in [1.29, 1.82) is 0 Å². The second kappa shape index (κ2) is 6.27. The molecule has 4 heteroatoms. The van der Waals surface area contributed by atoms with Gasteiger partial charge in [0.1, 0.15) is 0 Å². The van der Waals surface area contributed by atoms with Crippen LogP contribution >= 0.6 is 0 Å². The van der Waals surface area contributed by atoms with Gasteiger partial charge in [0.25, 0.3) is 0 Å². The highest BCUT2D eigenvalue weighted by Gasteiger charge is 2.30. The highest BCUT2D eigenvalue weighted by molar-refractivity contribution is 7.90.